The van der Waals surface area contributed by atoms with Crippen LogP contribution < -0.4 is 5.73 Å². The van der Waals surface area contributed by atoms with Crippen molar-refractivity contribution in [2.45, 2.75) is 32.4 Å². The van der Waals surface area contributed by atoms with E-state index in [0.717, 1.165) is 18.7 Å². The molecule has 0 amide bonds. The first-order valence-electron chi connectivity index (χ1n) is 5.69. The van der Waals surface area contributed by atoms with E-state index in [0.29, 0.717) is 12.5 Å². The van der Waals surface area contributed by atoms with Gasteiger partial charge in [-0.2, -0.15) is 0 Å². The van der Waals surface area contributed by atoms with Gasteiger partial charge in [-0.1, -0.05) is 0 Å². The normalized spacial score (nSPS) is 15.1. The number of aromatic nitrogens is 2. The fourth-order valence-corrected chi connectivity index (χ4v) is 1.85. The van der Waals surface area contributed by atoms with Crippen molar-refractivity contribution in [2.75, 3.05) is 14.1 Å². The third-order valence-electron chi connectivity index (χ3n) is 2.82. The Morgan fingerprint density at radius 2 is 2.29 bits per heavy atom. The number of imidazole rings is 1. The van der Waals surface area contributed by atoms with Crippen LogP contribution in [0.4, 0.5) is 0 Å². The molecule has 6 heteroatoms. The topological polar surface area (TPSA) is 59.4 Å². The Hall–Kier alpha value is -0.790. The van der Waals surface area contributed by atoms with E-state index in [2.05, 4.69) is 20.7 Å². The molecule has 17 heavy (non-hydrogen) atoms. The van der Waals surface area contributed by atoms with Crippen LogP contribution in [-0.2, 0) is 19.5 Å². The van der Waals surface area contributed by atoms with Gasteiger partial charge >= 0.3 is 0 Å². The summed E-state index contributed by atoms with van der Waals surface area (Å²) in [4.78, 5) is 10.6. The van der Waals surface area contributed by atoms with Gasteiger partial charge in [-0.25, -0.2) is 9.98 Å². The zero-order valence-electron chi connectivity index (χ0n) is 10.4. The first-order chi connectivity index (χ1) is 7.66. The maximum Gasteiger partial charge on any atom is 0.191 e. The van der Waals surface area contributed by atoms with E-state index in [-0.39, 0.29) is 24.0 Å². The number of hydrogen-bond acceptors (Lipinski definition) is 2. The average Bonchev–Trinajstić information content (AvgIpc) is 2.68. The van der Waals surface area contributed by atoms with Gasteiger partial charge in [0.25, 0.3) is 0 Å². The highest BCUT2D eigenvalue weighted by atomic mass is 127. The molecule has 1 aliphatic rings. The maximum atomic E-state index is 5.73. The summed E-state index contributed by atoms with van der Waals surface area (Å²) in [6.07, 6.45) is 5.69. The van der Waals surface area contributed by atoms with Crippen molar-refractivity contribution in [3.8, 4) is 0 Å². The Labute approximate surface area is 119 Å². The molecule has 5 nitrogen and oxygen atoms in total. The highest BCUT2D eigenvalue weighted by Crippen LogP contribution is 2.14. The summed E-state index contributed by atoms with van der Waals surface area (Å²) >= 11 is 0. The number of guanidine groups is 1. The molecule has 0 spiro atoms. The number of nitrogens with zero attached hydrogens (tertiary/aromatic N) is 4. The third-order valence-corrected chi connectivity index (χ3v) is 2.82. The molecule has 1 aromatic rings. The van der Waals surface area contributed by atoms with Gasteiger partial charge in [-0.05, 0) is 12.8 Å². The predicted molar refractivity (Wildman–Crippen MR) is 79.6 cm³/mol. The molecule has 0 fully saturated rings. The number of aryl methyl sites for hydroxylation is 2. The lowest BCUT2D eigenvalue weighted by Gasteiger charge is -2.11. The van der Waals surface area contributed by atoms with Crippen LogP contribution >= 0.6 is 24.0 Å². The van der Waals surface area contributed by atoms with E-state index >= 15 is 0 Å². The maximum absolute atomic E-state index is 5.73. The number of hydrogen-bond donors (Lipinski definition) is 1. The summed E-state index contributed by atoms with van der Waals surface area (Å²) < 4.78 is 2.24. The van der Waals surface area contributed by atoms with Gasteiger partial charge in [0.2, 0.25) is 0 Å². The van der Waals surface area contributed by atoms with Crippen molar-refractivity contribution in [1.29, 1.82) is 0 Å². The number of fused-ring (bicyclic) bond motifs is 1. The average molecular weight is 349 g/mol. The number of aliphatic imine (C=N–C) groups is 1. The van der Waals surface area contributed by atoms with E-state index in [4.69, 9.17) is 5.73 Å². The van der Waals surface area contributed by atoms with Gasteiger partial charge in [0, 0.05) is 33.3 Å². The monoisotopic (exact) mass is 349 g/mol. The van der Waals surface area contributed by atoms with Crippen molar-refractivity contribution < 1.29 is 0 Å². The van der Waals surface area contributed by atoms with Crippen molar-refractivity contribution in [3.05, 3.63) is 17.7 Å². The van der Waals surface area contributed by atoms with E-state index in [1.165, 1.54) is 18.7 Å². The van der Waals surface area contributed by atoms with Crippen LogP contribution in [0.2, 0.25) is 0 Å². The second-order valence-corrected chi connectivity index (χ2v) is 4.37. The van der Waals surface area contributed by atoms with Crippen LogP contribution in [0.25, 0.3) is 0 Å². The standard InChI is InChI=1S/C11H19N5.HI/c1-15(2)11(12)13-7-9-8-16-6-4-3-5-10(16)14-9;/h8H,3-7H2,1-2H3,(H2,12,13);1H. The van der Waals surface area contributed by atoms with Gasteiger partial charge in [-0.15, -0.1) is 24.0 Å². The zero-order valence-corrected chi connectivity index (χ0v) is 12.7. The highest BCUT2D eigenvalue weighted by molar-refractivity contribution is 14.0. The van der Waals surface area contributed by atoms with Crippen molar-refractivity contribution in [3.63, 3.8) is 0 Å². The second kappa shape index (κ2) is 6.23. The minimum Gasteiger partial charge on any atom is -0.370 e. The largest absolute Gasteiger partial charge is 0.370 e. The van der Waals surface area contributed by atoms with Gasteiger partial charge in [0.05, 0.1) is 12.2 Å². The molecule has 0 atom stereocenters. The summed E-state index contributed by atoms with van der Waals surface area (Å²) in [5.41, 5.74) is 6.74. The van der Waals surface area contributed by atoms with Crippen LogP contribution in [0.15, 0.2) is 11.2 Å². The smallest absolute Gasteiger partial charge is 0.191 e. The summed E-state index contributed by atoms with van der Waals surface area (Å²) in [7, 11) is 3.77. The Morgan fingerprint density at radius 1 is 1.53 bits per heavy atom. The van der Waals surface area contributed by atoms with Gasteiger partial charge in [0.15, 0.2) is 5.96 Å². The molecule has 0 aromatic carbocycles. The molecular formula is C11H20IN5. The lowest BCUT2D eigenvalue weighted by Crippen LogP contribution is -2.30. The Balaban J connectivity index is 0.00000144. The van der Waals surface area contributed by atoms with E-state index in [9.17, 15) is 0 Å². The molecule has 0 saturated carbocycles. The molecule has 0 bridgehead atoms. The molecule has 2 N–H and O–H groups in total. The minimum atomic E-state index is 0. The molecule has 1 aromatic heterocycles. The van der Waals surface area contributed by atoms with Gasteiger partial charge < -0.3 is 15.2 Å². The predicted octanol–water partition coefficient (Wildman–Crippen LogP) is 1.21. The fourth-order valence-electron chi connectivity index (χ4n) is 1.85. The lowest BCUT2D eigenvalue weighted by molar-refractivity contribution is 0.522. The molecule has 0 saturated heterocycles. The first-order valence-corrected chi connectivity index (χ1v) is 5.69. The van der Waals surface area contributed by atoms with Crippen molar-refractivity contribution in [1.82, 2.24) is 14.5 Å². The molecule has 0 unspecified atom stereocenters. The Kier molecular flexibility index (Phi) is 5.23. The fraction of sp³-hybridized carbons (Fsp3) is 0.636. The summed E-state index contributed by atoms with van der Waals surface area (Å²) in [6, 6.07) is 0. The zero-order chi connectivity index (χ0) is 11.5. The molecule has 2 rings (SSSR count). The third kappa shape index (κ3) is 3.58. The van der Waals surface area contributed by atoms with Gasteiger partial charge in [-0.3, -0.25) is 0 Å². The quantitative estimate of drug-likeness (QED) is 0.496. The first kappa shape index (κ1) is 14.3. The van der Waals surface area contributed by atoms with Crippen LogP contribution in [-0.4, -0.2) is 34.5 Å². The Bertz CT molecular complexity index is 373. The number of rotatable bonds is 2. The molecule has 96 valence electrons. The number of nitrogens with two attached hydrogens (primary N) is 1. The molecule has 0 aliphatic carbocycles. The van der Waals surface area contributed by atoms with Crippen LogP contribution in [0.5, 0.6) is 0 Å². The summed E-state index contributed by atoms with van der Waals surface area (Å²) in [6.45, 7) is 1.67. The lowest BCUT2D eigenvalue weighted by atomic mass is 10.2. The van der Waals surface area contributed by atoms with E-state index in [1.54, 1.807) is 4.90 Å². The molecular weight excluding hydrogens is 329 g/mol. The van der Waals surface area contributed by atoms with Crippen LogP contribution in [0.1, 0.15) is 24.4 Å². The van der Waals surface area contributed by atoms with Crippen LogP contribution in [0, 0.1) is 0 Å². The SMILES string of the molecule is CN(C)C(N)=NCc1cn2c(n1)CCCC2.I. The van der Waals surface area contributed by atoms with Crippen LogP contribution in [0.3, 0.4) is 0 Å². The highest BCUT2D eigenvalue weighted by Gasteiger charge is 2.11. The van der Waals surface area contributed by atoms with E-state index < -0.39 is 0 Å². The second-order valence-electron chi connectivity index (χ2n) is 4.37. The molecule has 1 aliphatic heterocycles. The summed E-state index contributed by atoms with van der Waals surface area (Å²) in [5, 5.41) is 0. The van der Waals surface area contributed by atoms with Crippen molar-refractivity contribution in [2.24, 2.45) is 10.7 Å². The Morgan fingerprint density at radius 3 is 2.94 bits per heavy atom. The minimum absolute atomic E-state index is 0. The van der Waals surface area contributed by atoms with Gasteiger partial charge in [0.1, 0.15) is 5.82 Å². The molecule has 0 radical (unpaired) electrons. The van der Waals surface area contributed by atoms with E-state index in [1.807, 2.05) is 14.1 Å². The number of halogens is 1. The van der Waals surface area contributed by atoms with Crippen molar-refractivity contribution >= 4 is 29.9 Å². The molecule has 2 heterocycles. The summed E-state index contributed by atoms with van der Waals surface area (Å²) in [5.74, 6) is 1.74.